The summed E-state index contributed by atoms with van der Waals surface area (Å²) in [5, 5.41) is 3.65. The van der Waals surface area contributed by atoms with Crippen molar-refractivity contribution >= 4 is 17.4 Å². The van der Waals surface area contributed by atoms with Gasteiger partial charge in [-0.15, -0.1) is 0 Å². The molecule has 6 heteroatoms. The van der Waals surface area contributed by atoms with Gasteiger partial charge >= 0.3 is 0 Å². The Morgan fingerprint density at radius 1 is 0.952 bits per heavy atom. The maximum absolute atomic E-state index is 14.0. The van der Waals surface area contributed by atoms with Gasteiger partial charge in [0, 0.05) is 51.6 Å². The van der Waals surface area contributed by atoms with Gasteiger partial charge in [-0.25, -0.2) is 0 Å². The molecule has 2 amide bonds. The molecule has 5 rings (SSSR count). The molecule has 0 spiro atoms. The highest BCUT2D eigenvalue weighted by molar-refractivity contribution is 6.03. The number of carbonyl (C=O) groups is 2. The first-order chi connectivity index (χ1) is 20.2. The van der Waals surface area contributed by atoms with E-state index in [1.54, 1.807) is 6.92 Å². The molecule has 2 aliphatic rings. The van der Waals surface area contributed by atoms with E-state index in [4.69, 9.17) is 4.74 Å². The van der Waals surface area contributed by atoms with Gasteiger partial charge in [0.25, 0.3) is 5.91 Å². The van der Waals surface area contributed by atoms with E-state index in [1.807, 2.05) is 35.0 Å². The van der Waals surface area contributed by atoms with Gasteiger partial charge in [0.05, 0.1) is 12.6 Å². The molecule has 0 radical (unpaired) electrons. The Balaban J connectivity index is 1.34. The highest BCUT2D eigenvalue weighted by atomic mass is 16.5. The molecule has 2 aliphatic heterocycles. The average Bonchev–Trinajstić information content (AvgIpc) is 2.98. The van der Waals surface area contributed by atoms with Crippen LogP contribution in [0.15, 0.2) is 72.3 Å². The topological polar surface area (TPSA) is 61.9 Å². The zero-order valence-electron chi connectivity index (χ0n) is 25.6. The summed E-state index contributed by atoms with van der Waals surface area (Å²) in [6, 6.07) is 23.1. The molecule has 2 atom stereocenters. The molecule has 1 saturated heterocycles. The third kappa shape index (κ3) is 6.76. The molecule has 42 heavy (non-hydrogen) atoms. The predicted octanol–water partition coefficient (Wildman–Crippen LogP) is 5.28. The summed E-state index contributed by atoms with van der Waals surface area (Å²) in [7, 11) is 1.88. The van der Waals surface area contributed by atoms with Gasteiger partial charge in [0.1, 0.15) is 5.75 Å². The highest BCUT2D eigenvalue weighted by Gasteiger charge is 2.39. The maximum atomic E-state index is 14.0. The monoisotopic (exact) mass is 565 g/mol. The molecule has 0 saturated carbocycles. The third-order valence-electron chi connectivity index (χ3n) is 8.72. The van der Waals surface area contributed by atoms with Crippen LogP contribution in [0, 0.1) is 20.8 Å². The number of rotatable bonds is 9. The fourth-order valence-corrected chi connectivity index (χ4v) is 6.18. The minimum Gasteiger partial charge on any atom is -0.493 e. The number of hydrogen-bond donors (Lipinski definition) is 1. The van der Waals surface area contributed by atoms with E-state index in [0.29, 0.717) is 32.7 Å². The highest BCUT2D eigenvalue weighted by Crippen LogP contribution is 2.34. The number of aryl methyl sites for hydroxylation is 2. The molecule has 0 aromatic heterocycles. The van der Waals surface area contributed by atoms with Gasteiger partial charge in [-0.05, 0) is 78.6 Å². The first kappa shape index (κ1) is 29.6. The number of amides is 2. The van der Waals surface area contributed by atoms with Crippen molar-refractivity contribution < 1.29 is 14.3 Å². The fourth-order valence-electron chi connectivity index (χ4n) is 6.18. The molecular weight excluding hydrogens is 522 g/mol. The molecule has 220 valence electrons. The summed E-state index contributed by atoms with van der Waals surface area (Å²) < 4.78 is 6.16. The van der Waals surface area contributed by atoms with Crippen LogP contribution >= 0.6 is 0 Å². The van der Waals surface area contributed by atoms with E-state index in [9.17, 15) is 9.59 Å². The minimum absolute atomic E-state index is 0.0311. The second-order valence-electron chi connectivity index (χ2n) is 11.9. The summed E-state index contributed by atoms with van der Waals surface area (Å²) in [6.07, 6.45) is 2.31. The molecule has 1 N–H and O–H groups in total. The van der Waals surface area contributed by atoms with Gasteiger partial charge in [0.2, 0.25) is 5.91 Å². The van der Waals surface area contributed by atoms with Crippen LogP contribution in [0.2, 0.25) is 0 Å². The van der Waals surface area contributed by atoms with Crippen LogP contribution in [0.4, 0.5) is 0 Å². The number of ether oxygens (including phenoxy) is 1. The SMILES string of the molecule is CC(=O)N1CC2CC(c3ccc(CCOc4cc(C)cc(C)c4C)cc3)=C(C(=O)N(C)CCc3ccccc3)C(C1)N2. The van der Waals surface area contributed by atoms with E-state index in [2.05, 4.69) is 74.6 Å². The Morgan fingerprint density at radius 2 is 1.67 bits per heavy atom. The third-order valence-corrected chi connectivity index (χ3v) is 8.72. The first-order valence-corrected chi connectivity index (χ1v) is 15.0. The van der Waals surface area contributed by atoms with E-state index in [1.165, 1.54) is 27.8 Å². The number of nitrogens with zero attached hydrogens (tertiary/aromatic N) is 2. The molecule has 3 aromatic rings. The quantitative estimate of drug-likeness (QED) is 0.384. The average molecular weight is 566 g/mol. The van der Waals surface area contributed by atoms with E-state index < -0.39 is 0 Å². The molecule has 6 nitrogen and oxygen atoms in total. The predicted molar refractivity (Wildman–Crippen MR) is 169 cm³/mol. The van der Waals surface area contributed by atoms with Crippen molar-refractivity contribution in [2.24, 2.45) is 0 Å². The summed E-state index contributed by atoms with van der Waals surface area (Å²) >= 11 is 0. The lowest BCUT2D eigenvalue weighted by molar-refractivity contribution is -0.132. The van der Waals surface area contributed by atoms with Gasteiger partial charge in [-0.2, -0.15) is 0 Å². The van der Waals surface area contributed by atoms with Crippen LogP contribution in [-0.4, -0.2) is 67.0 Å². The normalized spacial score (nSPS) is 18.2. The number of fused-ring (bicyclic) bond motifs is 2. The van der Waals surface area contributed by atoms with Crippen molar-refractivity contribution in [3.63, 3.8) is 0 Å². The molecule has 3 aromatic carbocycles. The largest absolute Gasteiger partial charge is 0.493 e. The molecule has 1 fully saturated rings. The lowest BCUT2D eigenvalue weighted by Crippen LogP contribution is -2.61. The van der Waals surface area contributed by atoms with Crippen LogP contribution in [0.25, 0.3) is 5.57 Å². The number of piperazine rings is 1. The standard InChI is InChI=1S/C36H43N3O3/c1-24-19-25(2)26(3)34(20-24)42-18-16-29-11-13-30(14-12-29)32-21-31-22-39(27(4)40)23-33(37-31)35(32)36(41)38(5)17-15-28-9-7-6-8-10-28/h6-14,19-20,31,33,37H,15-18,21-23H2,1-5H3. The first-order valence-electron chi connectivity index (χ1n) is 15.0. The Hall–Kier alpha value is -3.90. The number of benzene rings is 3. The second-order valence-corrected chi connectivity index (χ2v) is 11.9. The van der Waals surface area contributed by atoms with Gasteiger partial charge in [-0.1, -0.05) is 60.7 Å². The number of carbonyl (C=O) groups excluding carboxylic acids is 2. The van der Waals surface area contributed by atoms with Crippen LogP contribution in [0.3, 0.4) is 0 Å². The summed E-state index contributed by atoms with van der Waals surface area (Å²) in [4.78, 5) is 30.0. The minimum atomic E-state index is -0.183. The van der Waals surface area contributed by atoms with Gasteiger partial charge < -0.3 is 19.9 Å². The van der Waals surface area contributed by atoms with Crippen molar-refractivity contribution in [3.05, 3.63) is 106 Å². The smallest absolute Gasteiger partial charge is 0.251 e. The van der Waals surface area contributed by atoms with Crippen LogP contribution < -0.4 is 10.1 Å². The lowest BCUT2D eigenvalue weighted by atomic mass is 9.82. The lowest BCUT2D eigenvalue weighted by Gasteiger charge is -2.44. The van der Waals surface area contributed by atoms with E-state index in [0.717, 1.165) is 35.3 Å². The summed E-state index contributed by atoms with van der Waals surface area (Å²) in [6.45, 7) is 10.3. The van der Waals surface area contributed by atoms with Crippen LogP contribution in [0.5, 0.6) is 5.75 Å². The van der Waals surface area contributed by atoms with Crippen molar-refractivity contribution in [2.75, 3.05) is 33.3 Å². The zero-order chi connectivity index (χ0) is 29.8. The molecule has 2 heterocycles. The number of hydrogen-bond acceptors (Lipinski definition) is 4. The van der Waals surface area contributed by atoms with E-state index >= 15 is 0 Å². The summed E-state index contributed by atoms with van der Waals surface area (Å²) in [5.74, 6) is 1.04. The Morgan fingerprint density at radius 3 is 2.38 bits per heavy atom. The van der Waals surface area contributed by atoms with Crippen molar-refractivity contribution in [1.82, 2.24) is 15.1 Å². The zero-order valence-corrected chi connectivity index (χ0v) is 25.6. The fraction of sp³-hybridized carbons (Fsp3) is 0.389. The van der Waals surface area contributed by atoms with E-state index in [-0.39, 0.29) is 23.9 Å². The van der Waals surface area contributed by atoms with Crippen molar-refractivity contribution in [2.45, 2.75) is 59.0 Å². The molecular formula is C36H43N3O3. The van der Waals surface area contributed by atoms with Crippen LogP contribution in [-0.2, 0) is 22.4 Å². The Labute approximate surface area is 250 Å². The van der Waals surface area contributed by atoms with Crippen molar-refractivity contribution in [1.29, 1.82) is 0 Å². The molecule has 0 aliphatic carbocycles. The second kappa shape index (κ2) is 13.0. The Kier molecular flexibility index (Phi) is 9.12. The molecule has 2 bridgehead atoms. The number of likely N-dealkylation sites (N-methyl/N-ethyl adjacent to an activating group) is 1. The number of nitrogens with one attached hydrogen (secondary N) is 1. The molecule has 2 unspecified atom stereocenters. The maximum Gasteiger partial charge on any atom is 0.251 e. The van der Waals surface area contributed by atoms with Gasteiger partial charge in [-0.3, -0.25) is 9.59 Å². The van der Waals surface area contributed by atoms with Crippen LogP contribution in [0.1, 0.15) is 46.7 Å². The Bertz CT molecular complexity index is 1460. The summed E-state index contributed by atoms with van der Waals surface area (Å²) in [5.41, 5.74) is 9.01. The van der Waals surface area contributed by atoms with Gasteiger partial charge in [0.15, 0.2) is 0 Å². The van der Waals surface area contributed by atoms with Crippen molar-refractivity contribution in [3.8, 4) is 5.75 Å².